The van der Waals surface area contributed by atoms with E-state index in [1.165, 1.54) is 148 Å². The molecule has 35 heavy (non-hydrogen) atoms. The molecule has 0 atom stereocenters. The van der Waals surface area contributed by atoms with Crippen LogP contribution in [0.3, 0.4) is 0 Å². The van der Waals surface area contributed by atoms with Gasteiger partial charge < -0.3 is 4.74 Å². The van der Waals surface area contributed by atoms with E-state index in [0.717, 1.165) is 12.8 Å². The van der Waals surface area contributed by atoms with E-state index in [2.05, 4.69) is 27.7 Å². The SMILES string of the molecule is CCCCCCCCCCCCCCCCCC(=O)OC(C)(C)CCCCCCCCCCC.[SnH2]. The monoisotopic (exact) mass is 602 g/mol. The van der Waals surface area contributed by atoms with Crippen molar-refractivity contribution in [1.82, 2.24) is 0 Å². The first-order valence-electron chi connectivity index (χ1n) is 15.7. The summed E-state index contributed by atoms with van der Waals surface area (Å²) in [7, 11) is 0. The van der Waals surface area contributed by atoms with Gasteiger partial charge in [0.05, 0.1) is 0 Å². The average Bonchev–Trinajstić information content (AvgIpc) is 2.80. The molecule has 0 spiro atoms. The summed E-state index contributed by atoms with van der Waals surface area (Å²) in [5, 5.41) is 0. The molecular formula is C32H66O2Sn. The fourth-order valence-electron chi connectivity index (χ4n) is 4.91. The third-order valence-corrected chi connectivity index (χ3v) is 7.26. The van der Waals surface area contributed by atoms with Gasteiger partial charge in [-0.3, -0.25) is 4.79 Å². The Kier molecular flexibility index (Phi) is 30.8. The zero-order valence-electron chi connectivity index (χ0n) is 24.9. The van der Waals surface area contributed by atoms with Crippen LogP contribution in [-0.2, 0) is 9.53 Å². The van der Waals surface area contributed by atoms with Gasteiger partial charge in [-0.05, 0) is 33.1 Å². The van der Waals surface area contributed by atoms with Crippen molar-refractivity contribution in [3.63, 3.8) is 0 Å². The first kappa shape index (κ1) is 37.4. The Balaban J connectivity index is 0. The Morgan fingerprint density at radius 2 is 0.771 bits per heavy atom. The summed E-state index contributed by atoms with van der Waals surface area (Å²) < 4.78 is 5.79. The Morgan fingerprint density at radius 3 is 1.11 bits per heavy atom. The first-order chi connectivity index (χ1) is 16.5. The predicted octanol–water partition coefficient (Wildman–Crippen LogP) is 10.6. The van der Waals surface area contributed by atoms with Crippen LogP contribution < -0.4 is 0 Å². The molecule has 0 bridgehead atoms. The van der Waals surface area contributed by atoms with Crippen molar-refractivity contribution >= 4 is 29.9 Å². The summed E-state index contributed by atoms with van der Waals surface area (Å²) in [6.07, 6.45) is 34.0. The number of rotatable bonds is 27. The first-order valence-corrected chi connectivity index (χ1v) is 15.7. The van der Waals surface area contributed by atoms with E-state index in [-0.39, 0.29) is 35.5 Å². The van der Waals surface area contributed by atoms with Crippen LogP contribution in [0.5, 0.6) is 0 Å². The van der Waals surface area contributed by atoms with Gasteiger partial charge >= 0.3 is 29.9 Å². The number of carbonyl (C=O) groups excluding carboxylic acids is 1. The van der Waals surface area contributed by atoms with Crippen molar-refractivity contribution in [1.29, 1.82) is 0 Å². The zero-order valence-corrected chi connectivity index (χ0v) is 28.9. The van der Waals surface area contributed by atoms with E-state index in [1.807, 2.05) is 0 Å². The van der Waals surface area contributed by atoms with Crippen LogP contribution in [0, 0.1) is 0 Å². The average molecular weight is 602 g/mol. The van der Waals surface area contributed by atoms with Crippen molar-refractivity contribution in [2.45, 2.75) is 200 Å². The molecule has 0 aromatic rings. The Morgan fingerprint density at radius 1 is 0.486 bits per heavy atom. The number of carbonyl (C=O) groups is 1. The molecule has 0 unspecified atom stereocenters. The van der Waals surface area contributed by atoms with E-state index in [9.17, 15) is 4.79 Å². The molecule has 2 radical (unpaired) electrons. The molecule has 0 amide bonds. The minimum absolute atomic E-state index is 0. The Bertz CT molecular complexity index is 422. The van der Waals surface area contributed by atoms with Gasteiger partial charge in [-0.2, -0.15) is 0 Å². The predicted molar refractivity (Wildman–Crippen MR) is 160 cm³/mol. The van der Waals surface area contributed by atoms with Crippen LogP contribution >= 0.6 is 0 Å². The number of ether oxygens (including phenoxy) is 1. The summed E-state index contributed by atoms with van der Waals surface area (Å²) in [5.41, 5.74) is -0.298. The summed E-state index contributed by atoms with van der Waals surface area (Å²) in [6, 6.07) is 0. The number of hydrogen-bond donors (Lipinski definition) is 0. The van der Waals surface area contributed by atoms with Crippen molar-refractivity contribution in [3.8, 4) is 0 Å². The molecule has 0 N–H and O–H groups in total. The number of esters is 1. The van der Waals surface area contributed by atoms with E-state index in [4.69, 9.17) is 4.74 Å². The summed E-state index contributed by atoms with van der Waals surface area (Å²) in [4.78, 5) is 12.2. The van der Waals surface area contributed by atoms with Crippen LogP contribution in [0.4, 0.5) is 0 Å². The van der Waals surface area contributed by atoms with Crippen molar-refractivity contribution in [2.75, 3.05) is 0 Å². The molecule has 0 saturated heterocycles. The van der Waals surface area contributed by atoms with Gasteiger partial charge in [-0.25, -0.2) is 0 Å². The molecule has 210 valence electrons. The van der Waals surface area contributed by atoms with Crippen LogP contribution in [0.2, 0.25) is 0 Å². The second-order valence-electron chi connectivity index (χ2n) is 11.5. The second kappa shape index (κ2) is 28.8. The summed E-state index contributed by atoms with van der Waals surface area (Å²) in [5.74, 6) is 0.00983. The molecule has 0 rings (SSSR count). The molecular weight excluding hydrogens is 535 g/mol. The van der Waals surface area contributed by atoms with Crippen LogP contribution in [-0.4, -0.2) is 35.5 Å². The molecule has 0 aliphatic carbocycles. The molecule has 0 aliphatic rings. The fourth-order valence-corrected chi connectivity index (χ4v) is 4.91. The molecule has 0 aliphatic heterocycles. The van der Waals surface area contributed by atoms with E-state index in [0.29, 0.717) is 6.42 Å². The van der Waals surface area contributed by atoms with Crippen molar-refractivity contribution < 1.29 is 9.53 Å². The molecule has 0 fully saturated rings. The normalized spacial score (nSPS) is 11.4. The van der Waals surface area contributed by atoms with Gasteiger partial charge in [-0.1, -0.05) is 155 Å². The molecule has 0 saturated carbocycles. The molecule has 0 heterocycles. The van der Waals surface area contributed by atoms with Gasteiger partial charge in [0.25, 0.3) is 0 Å². The molecule has 0 aromatic heterocycles. The van der Waals surface area contributed by atoms with Crippen LogP contribution in [0.15, 0.2) is 0 Å². The quantitative estimate of drug-likeness (QED) is 0.0532. The van der Waals surface area contributed by atoms with Gasteiger partial charge in [0.1, 0.15) is 5.60 Å². The Labute approximate surface area is 238 Å². The van der Waals surface area contributed by atoms with E-state index < -0.39 is 0 Å². The fraction of sp³-hybridized carbons (Fsp3) is 0.969. The molecule has 2 nitrogen and oxygen atoms in total. The summed E-state index contributed by atoms with van der Waals surface area (Å²) >= 11 is 0. The van der Waals surface area contributed by atoms with Crippen molar-refractivity contribution in [3.05, 3.63) is 0 Å². The molecule has 3 heteroatoms. The molecule has 0 aromatic carbocycles. The number of hydrogen-bond acceptors (Lipinski definition) is 2. The maximum absolute atomic E-state index is 12.2. The van der Waals surface area contributed by atoms with E-state index in [1.54, 1.807) is 0 Å². The van der Waals surface area contributed by atoms with Crippen molar-refractivity contribution in [2.24, 2.45) is 0 Å². The third kappa shape index (κ3) is 30.4. The third-order valence-electron chi connectivity index (χ3n) is 7.26. The summed E-state index contributed by atoms with van der Waals surface area (Å²) in [6.45, 7) is 8.73. The maximum atomic E-state index is 12.2. The van der Waals surface area contributed by atoms with Crippen LogP contribution in [0.1, 0.15) is 195 Å². The second-order valence-corrected chi connectivity index (χ2v) is 11.5. The van der Waals surface area contributed by atoms with E-state index >= 15 is 0 Å². The topological polar surface area (TPSA) is 26.3 Å². The van der Waals surface area contributed by atoms with Gasteiger partial charge in [0.2, 0.25) is 0 Å². The zero-order chi connectivity index (χ0) is 25.2. The standard InChI is InChI=1S/C32H64O2.Sn.2H/c1-5-7-9-11-13-15-16-17-18-19-20-21-23-25-27-29-31(33)34-32(3,4)30-28-26-24-22-14-12-10-8-6-2;;;/h5-30H2,1-4H3;;;. The number of unbranched alkanes of at least 4 members (excludes halogenated alkanes) is 22. The van der Waals surface area contributed by atoms with Gasteiger partial charge in [0.15, 0.2) is 0 Å². The van der Waals surface area contributed by atoms with Gasteiger partial charge in [-0.15, -0.1) is 0 Å². The van der Waals surface area contributed by atoms with Gasteiger partial charge in [0, 0.05) is 6.42 Å². The minimum atomic E-state index is -0.298. The van der Waals surface area contributed by atoms with Crippen LogP contribution in [0.25, 0.3) is 0 Å². The Hall–Kier alpha value is 0.269.